The topological polar surface area (TPSA) is 121 Å². The summed E-state index contributed by atoms with van der Waals surface area (Å²) in [4.78, 5) is 20.5. The van der Waals surface area contributed by atoms with E-state index in [-0.39, 0.29) is 5.69 Å². The van der Waals surface area contributed by atoms with Crippen LogP contribution in [-0.2, 0) is 14.8 Å². The van der Waals surface area contributed by atoms with Crippen molar-refractivity contribution < 1.29 is 23.2 Å². The Morgan fingerprint density at radius 3 is 2.17 bits per heavy atom. The molecule has 0 N–H and O–H groups in total. The monoisotopic (exact) mass is 335 g/mol. The van der Waals surface area contributed by atoms with Gasteiger partial charge in [-0.15, -0.1) is 0 Å². The van der Waals surface area contributed by atoms with Crippen molar-refractivity contribution in [3.05, 3.63) is 64.7 Å². The van der Waals surface area contributed by atoms with Crippen LogP contribution in [0.5, 0.6) is 0 Å². The van der Waals surface area contributed by atoms with Gasteiger partial charge in [-0.05, 0) is 18.2 Å². The van der Waals surface area contributed by atoms with Gasteiger partial charge >= 0.3 is 0 Å². The van der Waals surface area contributed by atoms with Crippen LogP contribution in [-0.4, -0.2) is 25.9 Å². The summed E-state index contributed by atoms with van der Waals surface area (Å²) in [6.45, 7) is -0.960. The highest BCUT2D eigenvalue weighted by molar-refractivity contribution is 7.93. The minimum Gasteiger partial charge on any atom is -0.548 e. The molecule has 0 heterocycles. The summed E-state index contributed by atoms with van der Waals surface area (Å²) >= 11 is 0. The Kier molecular flexibility index (Phi) is 4.60. The van der Waals surface area contributed by atoms with E-state index in [1.165, 1.54) is 36.4 Å². The summed E-state index contributed by atoms with van der Waals surface area (Å²) in [5.41, 5.74) is -0.568. The molecule has 23 heavy (non-hydrogen) atoms. The van der Waals surface area contributed by atoms with Crippen LogP contribution < -0.4 is 9.41 Å². The van der Waals surface area contributed by atoms with E-state index in [9.17, 15) is 28.4 Å². The number of para-hydroxylation sites is 2. The molecule has 0 aliphatic heterocycles. The van der Waals surface area contributed by atoms with Crippen LogP contribution in [0.25, 0.3) is 0 Å². The lowest BCUT2D eigenvalue weighted by atomic mass is 10.3. The average molecular weight is 335 g/mol. The highest BCUT2D eigenvalue weighted by Crippen LogP contribution is 2.29. The first kappa shape index (κ1) is 16.4. The SMILES string of the molecule is O=C([O-])CN(c1ccccc1)S(=O)(=O)c1ccccc1[N+](=O)[O-]. The molecule has 0 saturated carbocycles. The van der Waals surface area contributed by atoms with Crippen molar-refractivity contribution in [2.75, 3.05) is 10.8 Å². The largest absolute Gasteiger partial charge is 0.548 e. The Balaban J connectivity index is 2.62. The molecule has 0 unspecified atom stereocenters. The number of nitro groups is 1. The maximum atomic E-state index is 12.7. The summed E-state index contributed by atoms with van der Waals surface area (Å²) in [6.07, 6.45) is 0. The van der Waals surface area contributed by atoms with Gasteiger partial charge in [-0.2, -0.15) is 0 Å². The van der Waals surface area contributed by atoms with Gasteiger partial charge in [0.05, 0.1) is 23.1 Å². The van der Waals surface area contributed by atoms with E-state index in [1.807, 2.05) is 0 Å². The van der Waals surface area contributed by atoms with Crippen molar-refractivity contribution in [3.63, 3.8) is 0 Å². The lowest BCUT2D eigenvalue weighted by molar-refractivity contribution is -0.387. The lowest BCUT2D eigenvalue weighted by Gasteiger charge is -2.24. The Morgan fingerprint density at radius 2 is 1.61 bits per heavy atom. The fourth-order valence-electron chi connectivity index (χ4n) is 1.97. The van der Waals surface area contributed by atoms with Crippen LogP contribution >= 0.6 is 0 Å². The third kappa shape index (κ3) is 3.46. The number of carboxylic acid groups (broad SMARTS) is 1. The molecule has 2 aromatic carbocycles. The van der Waals surface area contributed by atoms with E-state index >= 15 is 0 Å². The van der Waals surface area contributed by atoms with E-state index in [4.69, 9.17) is 0 Å². The van der Waals surface area contributed by atoms with Crippen molar-refractivity contribution in [1.29, 1.82) is 0 Å². The van der Waals surface area contributed by atoms with E-state index in [0.717, 1.165) is 12.1 Å². The molecule has 0 bridgehead atoms. The number of hydrogen-bond acceptors (Lipinski definition) is 6. The Hall–Kier alpha value is -2.94. The molecule has 0 spiro atoms. The molecule has 0 aliphatic rings. The third-order valence-electron chi connectivity index (χ3n) is 2.95. The number of sulfonamides is 1. The lowest BCUT2D eigenvalue weighted by Crippen LogP contribution is -2.41. The van der Waals surface area contributed by atoms with E-state index in [0.29, 0.717) is 4.31 Å². The molecule has 0 aromatic heterocycles. The zero-order valence-corrected chi connectivity index (χ0v) is 12.5. The average Bonchev–Trinajstić information content (AvgIpc) is 2.53. The number of hydrogen-bond donors (Lipinski definition) is 0. The first-order valence-electron chi connectivity index (χ1n) is 6.35. The van der Waals surface area contributed by atoms with Crippen molar-refractivity contribution in [2.24, 2.45) is 0 Å². The first-order chi connectivity index (χ1) is 10.8. The molecule has 0 saturated heterocycles. The van der Waals surface area contributed by atoms with Gasteiger partial charge in [-0.25, -0.2) is 8.42 Å². The van der Waals surface area contributed by atoms with Gasteiger partial charge in [0, 0.05) is 6.07 Å². The number of nitrogens with zero attached hydrogens (tertiary/aromatic N) is 2. The number of carboxylic acids is 1. The summed E-state index contributed by atoms with van der Waals surface area (Å²) in [6, 6.07) is 12.2. The first-order valence-corrected chi connectivity index (χ1v) is 7.79. The molecule has 2 aromatic rings. The zero-order valence-electron chi connectivity index (χ0n) is 11.7. The number of carbonyl (C=O) groups is 1. The highest BCUT2D eigenvalue weighted by atomic mass is 32.2. The van der Waals surface area contributed by atoms with E-state index in [1.54, 1.807) is 6.07 Å². The molecule has 0 fully saturated rings. The molecular weight excluding hydrogens is 324 g/mol. The predicted molar refractivity (Wildman–Crippen MR) is 79.1 cm³/mol. The summed E-state index contributed by atoms with van der Waals surface area (Å²) in [5, 5.41) is 22.0. The van der Waals surface area contributed by atoms with Crippen LogP contribution in [0.1, 0.15) is 0 Å². The molecule has 0 aliphatic carbocycles. The zero-order chi connectivity index (χ0) is 17.0. The summed E-state index contributed by atoms with van der Waals surface area (Å²) < 4.78 is 26.0. The number of benzene rings is 2. The molecule has 120 valence electrons. The van der Waals surface area contributed by atoms with Gasteiger partial charge in [0.25, 0.3) is 15.7 Å². The Bertz CT molecular complexity index is 835. The minimum atomic E-state index is -4.45. The van der Waals surface area contributed by atoms with Crippen LogP contribution in [0.2, 0.25) is 0 Å². The molecule has 8 nitrogen and oxygen atoms in total. The number of anilines is 1. The standard InChI is InChI=1S/C14H12N2O6S/c17-14(18)10-15(11-6-2-1-3-7-11)23(21,22)13-9-5-4-8-12(13)16(19)20/h1-9H,10H2,(H,17,18)/p-1. The fourth-order valence-corrected chi connectivity index (χ4v) is 3.54. The molecule has 0 radical (unpaired) electrons. The van der Waals surface area contributed by atoms with Crippen LogP contribution in [0, 0.1) is 10.1 Å². The van der Waals surface area contributed by atoms with Crippen molar-refractivity contribution in [2.45, 2.75) is 4.90 Å². The minimum absolute atomic E-state index is 0.0647. The molecule has 0 atom stereocenters. The fraction of sp³-hybridized carbons (Fsp3) is 0.0714. The number of carbonyl (C=O) groups excluding carboxylic acids is 1. The maximum absolute atomic E-state index is 12.7. The molecular formula is C14H11N2O6S-. The quantitative estimate of drug-likeness (QED) is 0.561. The second-order valence-corrected chi connectivity index (χ2v) is 6.27. The van der Waals surface area contributed by atoms with E-state index in [2.05, 4.69) is 0 Å². The smallest absolute Gasteiger partial charge is 0.289 e. The van der Waals surface area contributed by atoms with Gasteiger partial charge in [-0.1, -0.05) is 30.3 Å². The second-order valence-electron chi connectivity index (χ2n) is 4.44. The molecule has 0 amide bonds. The summed E-state index contributed by atoms with van der Waals surface area (Å²) in [7, 11) is -4.45. The molecule has 9 heteroatoms. The molecule has 2 rings (SSSR count). The maximum Gasteiger partial charge on any atom is 0.289 e. The third-order valence-corrected chi connectivity index (χ3v) is 4.77. The number of nitro benzene ring substituents is 1. The van der Waals surface area contributed by atoms with Crippen LogP contribution in [0.4, 0.5) is 11.4 Å². The van der Waals surface area contributed by atoms with Gasteiger partial charge in [0.15, 0.2) is 4.90 Å². The van der Waals surface area contributed by atoms with Gasteiger partial charge in [0.2, 0.25) is 0 Å². The number of rotatable bonds is 6. The van der Waals surface area contributed by atoms with Crippen LogP contribution in [0.3, 0.4) is 0 Å². The Morgan fingerprint density at radius 1 is 1.04 bits per heavy atom. The highest BCUT2D eigenvalue weighted by Gasteiger charge is 2.31. The Labute approximate surface area is 131 Å². The van der Waals surface area contributed by atoms with Crippen molar-refractivity contribution in [3.8, 4) is 0 Å². The van der Waals surface area contributed by atoms with Crippen molar-refractivity contribution in [1.82, 2.24) is 0 Å². The van der Waals surface area contributed by atoms with E-state index < -0.39 is 38.0 Å². The normalized spacial score (nSPS) is 11.0. The predicted octanol–water partition coefficient (Wildman–Crippen LogP) is 0.540. The second kappa shape index (κ2) is 6.44. The van der Waals surface area contributed by atoms with Gasteiger partial charge in [-0.3, -0.25) is 14.4 Å². The van der Waals surface area contributed by atoms with Crippen LogP contribution in [0.15, 0.2) is 59.5 Å². The summed E-state index contributed by atoms with van der Waals surface area (Å²) in [5.74, 6) is -1.63. The van der Waals surface area contributed by atoms with Gasteiger partial charge < -0.3 is 9.90 Å². The number of aliphatic carboxylic acids is 1. The van der Waals surface area contributed by atoms with Crippen molar-refractivity contribution >= 4 is 27.4 Å². The van der Waals surface area contributed by atoms with Gasteiger partial charge in [0.1, 0.15) is 0 Å².